The number of anilines is 1. The van der Waals surface area contributed by atoms with Crippen molar-refractivity contribution in [1.82, 2.24) is 9.88 Å². The van der Waals surface area contributed by atoms with E-state index in [9.17, 15) is 13.8 Å². The predicted molar refractivity (Wildman–Crippen MR) is 112 cm³/mol. The minimum Gasteiger partial charge on any atom is -0.354 e. The molecule has 1 atom stereocenters. The molecule has 1 unspecified atom stereocenters. The molecule has 0 radical (unpaired) electrons. The summed E-state index contributed by atoms with van der Waals surface area (Å²) >= 11 is 7.42. The molecule has 1 aromatic rings. The molecule has 3 aliphatic rings. The molecule has 10 heteroatoms. The van der Waals surface area contributed by atoms with Crippen LogP contribution in [-0.2, 0) is 14.5 Å². The van der Waals surface area contributed by atoms with Gasteiger partial charge in [0.05, 0.1) is 15.1 Å². The molecule has 7 nitrogen and oxygen atoms in total. The van der Waals surface area contributed by atoms with Crippen molar-refractivity contribution in [3.8, 4) is 0 Å². The van der Waals surface area contributed by atoms with Crippen molar-refractivity contribution in [2.45, 2.75) is 32.1 Å². The highest BCUT2D eigenvalue weighted by atomic mass is 35.5. The Hall–Kier alpha value is -1.19. The second-order valence-corrected chi connectivity index (χ2v) is 12.0. The molecule has 2 aliphatic carbocycles. The van der Waals surface area contributed by atoms with Crippen molar-refractivity contribution in [3.63, 3.8) is 0 Å². The van der Waals surface area contributed by atoms with Crippen LogP contribution in [0.3, 0.4) is 0 Å². The molecular formula is C18H25ClN4O3S2. The quantitative estimate of drug-likeness (QED) is 0.713. The lowest BCUT2D eigenvalue weighted by Crippen LogP contribution is -2.33. The summed E-state index contributed by atoms with van der Waals surface area (Å²) in [6.45, 7) is 0.801. The largest absolute Gasteiger partial charge is 0.354 e. The van der Waals surface area contributed by atoms with Crippen molar-refractivity contribution in [2.75, 3.05) is 43.6 Å². The molecule has 154 valence electrons. The Bertz CT molecular complexity index is 927. The zero-order valence-corrected chi connectivity index (χ0v) is 18.5. The number of carbonyl (C=O) groups excluding carboxylic acids is 2. The third-order valence-corrected chi connectivity index (χ3v) is 9.68. The van der Waals surface area contributed by atoms with Crippen LogP contribution in [-0.4, -0.2) is 64.6 Å². The maximum atomic E-state index is 13.3. The average Bonchev–Trinajstić information content (AvgIpc) is 3.52. The maximum absolute atomic E-state index is 13.3. The van der Waals surface area contributed by atoms with E-state index in [1.807, 2.05) is 14.1 Å². The van der Waals surface area contributed by atoms with E-state index in [2.05, 4.69) is 9.35 Å². The Morgan fingerprint density at radius 1 is 1.29 bits per heavy atom. The molecule has 0 N–H and O–H groups in total. The molecule has 0 aromatic carbocycles. The van der Waals surface area contributed by atoms with E-state index in [1.54, 1.807) is 9.80 Å². The van der Waals surface area contributed by atoms with Gasteiger partial charge in [0.25, 0.3) is 11.8 Å². The van der Waals surface area contributed by atoms with Crippen molar-refractivity contribution in [2.24, 2.45) is 15.7 Å². The summed E-state index contributed by atoms with van der Waals surface area (Å²) in [5.74, 6) is 0.711. The van der Waals surface area contributed by atoms with Crippen LogP contribution in [0.25, 0.3) is 0 Å². The molecule has 0 spiro atoms. The fraction of sp³-hybridized carbons (Fsp3) is 0.722. The van der Waals surface area contributed by atoms with Crippen LogP contribution in [0.1, 0.15) is 41.8 Å². The van der Waals surface area contributed by atoms with Crippen molar-refractivity contribution >= 4 is 49.6 Å². The highest BCUT2D eigenvalue weighted by Crippen LogP contribution is 2.62. The second kappa shape index (κ2) is 7.25. The first-order chi connectivity index (χ1) is 13.2. The number of carbonyl (C=O) groups is 2. The van der Waals surface area contributed by atoms with Crippen molar-refractivity contribution < 1.29 is 13.8 Å². The lowest BCUT2D eigenvalue weighted by Gasteiger charge is -2.19. The average molecular weight is 445 g/mol. The van der Waals surface area contributed by atoms with E-state index in [-0.39, 0.29) is 28.1 Å². The van der Waals surface area contributed by atoms with Gasteiger partial charge in [0, 0.05) is 38.7 Å². The highest BCUT2D eigenvalue weighted by molar-refractivity contribution is 7.93. The third kappa shape index (κ3) is 3.80. The standard InChI is InChI=1S/C18H25ClN4O3S2/c1-22(2)17-20-14(19)13(27-17)15(24)23-8-3-10-28(26,11-9-23)21-16(25)18(6-7-18)12-4-5-12/h12H,3-11H2,1-2H3. The highest BCUT2D eigenvalue weighted by Gasteiger charge is 2.59. The van der Waals surface area contributed by atoms with Gasteiger partial charge in [-0.3, -0.25) is 9.59 Å². The number of nitrogens with zero attached hydrogens (tertiary/aromatic N) is 4. The molecule has 3 fully saturated rings. The molecule has 2 saturated carbocycles. The molecule has 0 bridgehead atoms. The lowest BCUT2D eigenvalue weighted by molar-refractivity contribution is -0.123. The van der Waals surface area contributed by atoms with Crippen molar-refractivity contribution in [3.05, 3.63) is 10.0 Å². The molecular weight excluding hydrogens is 420 g/mol. The number of halogens is 1. The first kappa shape index (κ1) is 20.1. The number of rotatable bonds is 4. The second-order valence-electron chi connectivity index (χ2n) is 8.16. The maximum Gasteiger partial charge on any atom is 0.267 e. The van der Waals surface area contributed by atoms with Crippen LogP contribution in [0.5, 0.6) is 0 Å². The Morgan fingerprint density at radius 3 is 2.57 bits per heavy atom. The molecule has 28 heavy (non-hydrogen) atoms. The van der Waals surface area contributed by atoms with Crippen LogP contribution in [0, 0.1) is 11.3 Å². The molecule has 1 saturated heterocycles. The molecule has 4 rings (SSSR count). The molecule has 2 heterocycles. The van der Waals surface area contributed by atoms with Gasteiger partial charge < -0.3 is 9.80 Å². The van der Waals surface area contributed by atoms with Gasteiger partial charge in [0.15, 0.2) is 10.3 Å². The van der Waals surface area contributed by atoms with Gasteiger partial charge in [-0.1, -0.05) is 22.9 Å². The minimum atomic E-state index is -2.61. The summed E-state index contributed by atoms with van der Waals surface area (Å²) in [6.07, 6.45) is 4.52. The SMILES string of the molecule is CN(C)c1nc(Cl)c(C(=O)N2CCCS(=O)(=NC(=O)C3(C4CC4)CC3)CC2)s1. The number of aromatic nitrogens is 1. The topological polar surface area (TPSA) is 82.9 Å². The Balaban J connectivity index is 1.47. The number of hydrogen-bond donors (Lipinski definition) is 0. The first-order valence-corrected chi connectivity index (χ1v) is 12.7. The predicted octanol–water partition coefficient (Wildman–Crippen LogP) is 2.89. The fourth-order valence-electron chi connectivity index (χ4n) is 3.81. The molecule has 1 aliphatic heterocycles. The van der Waals surface area contributed by atoms with Gasteiger partial charge in [-0.15, -0.1) is 0 Å². The van der Waals surface area contributed by atoms with Gasteiger partial charge in [-0.2, -0.15) is 4.36 Å². The smallest absolute Gasteiger partial charge is 0.267 e. The van der Waals surface area contributed by atoms with Gasteiger partial charge in [-0.25, -0.2) is 9.19 Å². The van der Waals surface area contributed by atoms with E-state index < -0.39 is 9.73 Å². The summed E-state index contributed by atoms with van der Waals surface area (Å²) in [7, 11) is 1.08. The van der Waals surface area contributed by atoms with Crippen LogP contribution in [0.15, 0.2) is 4.36 Å². The molecule has 1 aromatic heterocycles. The van der Waals surface area contributed by atoms with Crippen LogP contribution in [0.4, 0.5) is 5.13 Å². The number of amides is 2. The fourth-order valence-corrected chi connectivity index (χ4v) is 6.94. The van der Waals surface area contributed by atoms with Crippen LogP contribution >= 0.6 is 22.9 Å². The van der Waals surface area contributed by atoms with E-state index >= 15 is 0 Å². The monoisotopic (exact) mass is 444 g/mol. The van der Waals surface area contributed by atoms with Crippen molar-refractivity contribution in [1.29, 1.82) is 0 Å². The lowest BCUT2D eigenvalue weighted by atomic mass is 10.0. The molecule has 2 amide bonds. The zero-order chi connectivity index (χ0) is 20.1. The summed E-state index contributed by atoms with van der Waals surface area (Å²) < 4.78 is 17.5. The Morgan fingerprint density at radius 2 is 2.00 bits per heavy atom. The summed E-state index contributed by atoms with van der Waals surface area (Å²) in [4.78, 5) is 33.7. The first-order valence-electron chi connectivity index (χ1n) is 9.64. The van der Waals surface area contributed by atoms with E-state index in [0.717, 1.165) is 25.7 Å². The minimum absolute atomic E-state index is 0.152. The van der Waals surface area contributed by atoms with Crippen LogP contribution in [0.2, 0.25) is 5.15 Å². The zero-order valence-electron chi connectivity index (χ0n) is 16.1. The van der Waals surface area contributed by atoms with Gasteiger partial charge in [0.1, 0.15) is 4.88 Å². The number of hydrogen-bond acceptors (Lipinski definition) is 6. The third-order valence-electron chi connectivity index (χ3n) is 5.83. The summed E-state index contributed by atoms with van der Waals surface area (Å²) in [5.41, 5.74) is -0.301. The van der Waals surface area contributed by atoms with E-state index in [4.69, 9.17) is 11.6 Å². The Kier molecular flexibility index (Phi) is 5.20. The Labute approximate surface area is 174 Å². The summed E-state index contributed by atoms with van der Waals surface area (Å²) in [6, 6.07) is 0. The van der Waals surface area contributed by atoms with Gasteiger partial charge in [0.2, 0.25) is 0 Å². The van der Waals surface area contributed by atoms with E-state index in [1.165, 1.54) is 11.3 Å². The summed E-state index contributed by atoms with van der Waals surface area (Å²) in [5, 5.41) is 0.867. The van der Waals surface area contributed by atoms with Crippen LogP contribution < -0.4 is 4.90 Å². The number of thiazole rings is 1. The van der Waals surface area contributed by atoms with Gasteiger partial charge >= 0.3 is 0 Å². The van der Waals surface area contributed by atoms with E-state index in [0.29, 0.717) is 41.2 Å². The van der Waals surface area contributed by atoms with Gasteiger partial charge in [-0.05, 0) is 38.0 Å². The normalized spacial score (nSPS) is 26.5.